The Morgan fingerprint density at radius 1 is 1.12 bits per heavy atom. The first-order valence-electron chi connectivity index (χ1n) is 8.18. The van der Waals surface area contributed by atoms with Crippen LogP contribution in [0.2, 0.25) is 0 Å². The fraction of sp³-hybridized carbons (Fsp3) is 0.143. The minimum absolute atomic E-state index is 0.217. The van der Waals surface area contributed by atoms with Crippen molar-refractivity contribution in [1.29, 1.82) is 0 Å². The number of carbonyl (C=O) groups is 2. The maximum atomic E-state index is 12.5. The predicted molar refractivity (Wildman–Crippen MR) is 106 cm³/mol. The van der Waals surface area contributed by atoms with E-state index in [0.717, 1.165) is 27.1 Å². The number of H-pyrrole nitrogens is 1. The number of carbonyl (C=O) groups excluding carboxylic acids is 2. The van der Waals surface area contributed by atoms with Crippen LogP contribution in [0.5, 0.6) is 0 Å². The third-order valence-corrected chi connectivity index (χ3v) is 4.79. The zero-order valence-electron chi connectivity index (χ0n) is 14.6. The molecular formula is C21H19NO3S. The van der Waals surface area contributed by atoms with Gasteiger partial charge in [0, 0.05) is 33.1 Å². The first-order chi connectivity index (χ1) is 12.6. The van der Waals surface area contributed by atoms with Crippen LogP contribution in [0.15, 0.2) is 59.5 Å². The van der Waals surface area contributed by atoms with Crippen LogP contribution in [0.25, 0.3) is 17.0 Å². The van der Waals surface area contributed by atoms with Gasteiger partial charge in [-0.05, 0) is 43.0 Å². The quantitative estimate of drug-likeness (QED) is 0.299. The van der Waals surface area contributed by atoms with Gasteiger partial charge in [-0.3, -0.25) is 4.79 Å². The number of aryl methyl sites for hydroxylation is 1. The zero-order chi connectivity index (χ0) is 18.5. The molecule has 2 aromatic carbocycles. The number of para-hydroxylation sites is 1. The number of ketones is 1. The van der Waals surface area contributed by atoms with Gasteiger partial charge in [0.2, 0.25) is 5.78 Å². The summed E-state index contributed by atoms with van der Waals surface area (Å²) in [5.74, 6) is -0.754. The van der Waals surface area contributed by atoms with Crippen LogP contribution < -0.4 is 0 Å². The highest BCUT2D eigenvalue weighted by Crippen LogP contribution is 2.22. The number of hydrogen-bond donors (Lipinski definition) is 1. The number of hydrogen-bond acceptors (Lipinski definition) is 4. The molecule has 0 aliphatic rings. The molecule has 0 atom stereocenters. The normalized spacial score (nSPS) is 11.2. The highest BCUT2D eigenvalue weighted by Gasteiger charge is 2.16. The number of thioether (sulfide) groups is 1. The van der Waals surface area contributed by atoms with Crippen LogP contribution in [0, 0.1) is 6.92 Å². The van der Waals surface area contributed by atoms with Crippen molar-refractivity contribution in [2.24, 2.45) is 0 Å². The summed E-state index contributed by atoms with van der Waals surface area (Å²) in [6.07, 6.45) is 5.02. The van der Waals surface area contributed by atoms with E-state index >= 15 is 0 Å². The van der Waals surface area contributed by atoms with Crippen molar-refractivity contribution >= 4 is 40.5 Å². The third kappa shape index (κ3) is 4.06. The second-order valence-electron chi connectivity index (χ2n) is 5.81. The van der Waals surface area contributed by atoms with Gasteiger partial charge in [0.25, 0.3) is 0 Å². The summed E-state index contributed by atoms with van der Waals surface area (Å²) < 4.78 is 5.10. The Morgan fingerprint density at radius 3 is 2.58 bits per heavy atom. The lowest BCUT2D eigenvalue weighted by Gasteiger charge is -2.02. The summed E-state index contributed by atoms with van der Waals surface area (Å²) in [5, 5.41) is 0.843. The molecular weight excluding hydrogens is 346 g/mol. The average molecular weight is 365 g/mol. The standard InChI is InChI=1S/C21H19NO3S/c1-14-21(17-5-3-4-6-18(17)22-14)19(23)13-25-20(24)12-9-15-7-10-16(26-2)11-8-15/h3-12,22H,13H2,1-2H3/b12-9+. The molecule has 1 heterocycles. The van der Waals surface area contributed by atoms with Gasteiger partial charge in [-0.15, -0.1) is 11.8 Å². The zero-order valence-corrected chi connectivity index (χ0v) is 15.4. The molecule has 0 amide bonds. The SMILES string of the molecule is CSc1ccc(/C=C/C(=O)OCC(=O)c2c(C)[nH]c3ccccc23)cc1. The fourth-order valence-electron chi connectivity index (χ4n) is 2.77. The first-order valence-corrected chi connectivity index (χ1v) is 9.40. The third-order valence-electron chi connectivity index (χ3n) is 4.05. The van der Waals surface area contributed by atoms with Crippen molar-refractivity contribution in [2.45, 2.75) is 11.8 Å². The average Bonchev–Trinajstić information content (AvgIpc) is 3.00. The van der Waals surface area contributed by atoms with Gasteiger partial charge < -0.3 is 9.72 Å². The van der Waals surface area contributed by atoms with Crippen molar-refractivity contribution in [1.82, 2.24) is 4.98 Å². The first kappa shape index (κ1) is 18.0. The smallest absolute Gasteiger partial charge is 0.331 e. The molecule has 0 fully saturated rings. The van der Waals surface area contributed by atoms with Gasteiger partial charge >= 0.3 is 5.97 Å². The lowest BCUT2D eigenvalue weighted by molar-refractivity contribution is -0.136. The number of benzene rings is 2. The number of esters is 1. The summed E-state index contributed by atoms with van der Waals surface area (Å²) in [6, 6.07) is 15.4. The lowest BCUT2D eigenvalue weighted by atomic mass is 10.1. The van der Waals surface area contributed by atoms with E-state index in [1.54, 1.807) is 17.8 Å². The molecule has 0 aliphatic heterocycles. The number of aromatic nitrogens is 1. The number of ether oxygens (including phenoxy) is 1. The molecule has 3 rings (SSSR count). The summed E-state index contributed by atoms with van der Waals surface area (Å²) in [6.45, 7) is 1.56. The van der Waals surface area contributed by atoms with Gasteiger partial charge in [-0.1, -0.05) is 30.3 Å². The molecule has 0 radical (unpaired) electrons. The lowest BCUT2D eigenvalue weighted by Crippen LogP contribution is -2.13. The van der Waals surface area contributed by atoms with Crippen LogP contribution in [0.1, 0.15) is 21.6 Å². The Labute approximate surface area is 156 Å². The summed E-state index contributed by atoms with van der Waals surface area (Å²) in [4.78, 5) is 28.7. The number of rotatable bonds is 6. The Morgan fingerprint density at radius 2 is 1.85 bits per heavy atom. The largest absolute Gasteiger partial charge is 0.454 e. The van der Waals surface area contributed by atoms with Crippen LogP contribution >= 0.6 is 11.8 Å². The highest BCUT2D eigenvalue weighted by molar-refractivity contribution is 7.98. The summed E-state index contributed by atoms with van der Waals surface area (Å²) in [5.41, 5.74) is 3.15. The van der Waals surface area contributed by atoms with E-state index in [4.69, 9.17) is 4.74 Å². The highest BCUT2D eigenvalue weighted by atomic mass is 32.2. The molecule has 0 saturated carbocycles. The van der Waals surface area contributed by atoms with Gasteiger partial charge in [-0.2, -0.15) is 0 Å². The Balaban J connectivity index is 1.62. The van der Waals surface area contributed by atoms with Crippen LogP contribution in [-0.2, 0) is 9.53 Å². The molecule has 4 nitrogen and oxygen atoms in total. The molecule has 5 heteroatoms. The molecule has 0 spiro atoms. The van der Waals surface area contributed by atoms with Crippen molar-refractivity contribution in [3.63, 3.8) is 0 Å². The number of nitrogens with one attached hydrogen (secondary N) is 1. The minimum Gasteiger partial charge on any atom is -0.454 e. The monoisotopic (exact) mass is 365 g/mol. The van der Waals surface area contributed by atoms with E-state index in [1.165, 1.54) is 6.08 Å². The van der Waals surface area contributed by atoms with Crippen molar-refractivity contribution < 1.29 is 14.3 Å². The van der Waals surface area contributed by atoms with Crippen LogP contribution in [0.4, 0.5) is 0 Å². The Kier molecular flexibility index (Phi) is 5.58. The number of fused-ring (bicyclic) bond motifs is 1. The van der Waals surface area contributed by atoms with Gasteiger partial charge in [0.15, 0.2) is 6.61 Å². The van der Waals surface area contributed by atoms with E-state index in [9.17, 15) is 9.59 Å². The van der Waals surface area contributed by atoms with E-state index < -0.39 is 5.97 Å². The Bertz CT molecular complexity index is 971. The van der Waals surface area contributed by atoms with E-state index in [2.05, 4.69) is 4.98 Å². The van der Waals surface area contributed by atoms with E-state index in [1.807, 2.05) is 61.7 Å². The molecule has 0 bridgehead atoms. The minimum atomic E-state index is -0.537. The predicted octanol–water partition coefficient (Wildman–Crippen LogP) is 4.64. The van der Waals surface area contributed by atoms with Crippen LogP contribution in [-0.4, -0.2) is 29.6 Å². The molecule has 132 valence electrons. The molecule has 3 aromatic rings. The molecule has 0 unspecified atom stereocenters. The maximum Gasteiger partial charge on any atom is 0.331 e. The number of aromatic amines is 1. The van der Waals surface area contributed by atoms with Crippen molar-refractivity contribution in [2.75, 3.05) is 12.9 Å². The van der Waals surface area contributed by atoms with Crippen molar-refractivity contribution in [3.05, 3.63) is 71.4 Å². The molecule has 1 aromatic heterocycles. The summed E-state index contributed by atoms with van der Waals surface area (Å²) >= 11 is 1.66. The molecule has 1 N–H and O–H groups in total. The van der Waals surface area contributed by atoms with E-state index in [0.29, 0.717) is 5.56 Å². The maximum absolute atomic E-state index is 12.5. The fourth-order valence-corrected chi connectivity index (χ4v) is 3.18. The van der Waals surface area contributed by atoms with Gasteiger partial charge in [-0.25, -0.2) is 4.79 Å². The van der Waals surface area contributed by atoms with Crippen LogP contribution in [0.3, 0.4) is 0 Å². The topological polar surface area (TPSA) is 59.2 Å². The van der Waals surface area contributed by atoms with Gasteiger partial charge in [0.1, 0.15) is 0 Å². The number of Topliss-reactive ketones (excluding diaryl/α,β-unsaturated/α-hetero) is 1. The Hall–Kier alpha value is -2.79. The second kappa shape index (κ2) is 8.06. The molecule has 26 heavy (non-hydrogen) atoms. The second-order valence-corrected chi connectivity index (χ2v) is 6.69. The van der Waals surface area contributed by atoms with Gasteiger partial charge in [0.05, 0.1) is 0 Å². The molecule has 0 saturated heterocycles. The molecule has 0 aliphatic carbocycles. The van der Waals surface area contributed by atoms with Crippen molar-refractivity contribution in [3.8, 4) is 0 Å². The summed E-state index contributed by atoms with van der Waals surface area (Å²) in [7, 11) is 0. The van der Waals surface area contributed by atoms with E-state index in [-0.39, 0.29) is 12.4 Å².